The van der Waals surface area contributed by atoms with Crippen molar-refractivity contribution in [1.29, 1.82) is 0 Å². The third-order valence-electron chi connectivity index (χ3n) is 2.89. The fourth-order valence-corrected chi connectivity index (χ4v) is 1.91. The van der Waals surface area contributed by atoms with Crippen molar-refractivity contribution in [3.05, 3.63) is 47.3 Å². The van der Waals surface area contributed by atoms with E-state index >= 15 is 0 Å². The monoisotopic (exact) mass is 286 g/mol. The van der Waals surface area contributed by atoms with Crippen LogP contribution < -0.4 is 10.2 Å². The van der Waals surface area contributed by atoms with Gasteiger partial charge >= 0.3 is 0 Å². The molecule has 0 atom stereocenters. The third-order valence-corrected chi connectivity index (χ3v) is 2.89. The molecule has 110 valence electrons. The molecule has 6 heteroatoms. The van der Waals surface area contributed by atoms with Crippen LogP contribution in [0.2, 0.25) is 0 Å². The largest absolute Gasteiger partial charge is 0.497 e. The molecule has 0 aliphatic rings. The molecule has 0 radical (unpaired) electrons. The number of methoxy groups -OCH3 is 1. The summed E-state index contributed by atoms with van der Waals surface area (Å²) in [6.45, 7) is 3.95. The number of amides is 1. The van der Waals surface area contributed by atoms with Gasteiger partial charge in [0.05, 0.1) is 19.0 Å². The van der Waals surface area contributed by atoms with Gasteiger partial charge in [-0.25, -0.2) is 5.43 Å². The second-order valence-electron chi connectivity index (χ2n) is 4.65. The summed E-state index contributed by atoms with van der Waals surface area (Å²) in [6, 6.07) is 9.33. The lowest BCUT2D eigenvalue weighted by molar-refractivity contribution is -0.121. The lowest BCUT2D eigenvalue weighted by Crippen LogP contribution is -2.24. The van der Waals surface area contributed by atoms with E-state index in [1.54, 1.807) is 18.0 Å². The van der Waals surface area contributed by atoms with Gasteiger partial charge in [-0.15, -0.1) is 0 Å². The van der Waals surface area contributed by atoms with Crippen molar-refractivity contribution in [2.45, 2.75) is 20.4 Å². The number of hydrogen-bond donors (Lipinski definition) is 1. The standard InChI is InChI=1S/C15H18N4O2/c1-11-7-12(2)19(18-11)10-15(20)17-16-9-13-5-4-6-14(8-13)21-3/h4-9H,10H2,1-3H3,(H,17,20). The second-order valence-corrected chi connectivity index (χ2v) is 4.65. The van der Waals surface area contributed by atoms with Gasteiger partial charge in [-0.1, -0.05) is 12.1 Å². The van der Waals surface area contributed by atoms with Crippen molar-refractivity contribution in [3.8, 4) is 5.75 Å². The average molecular weight is 286 g/mol. The number of carbonyl (C=O) groups is 1. The SMILES string of the molecule is COc1cccc(C=NNC(=O)Cn2nc(C)cc2C)c1. The van der Waals surface area contributed by atoms with E-state index in [1.807, 2.05) is 44.2 Å². The highest BCUT2D eigenvalue weighted by Gasteiger charge is 2.05. The molecular formula is C15H18N4O2. The molecule has 0 saturated carbocycles. The smallest absolute Gasteiger partial charge is 0.261 e. The maximum Gasteiger partial charge on any atom is 0.261 e. The zero-order chi connectivity index (χ0) is 15.2. The number of carbonyl (C=O) groups excluding carboxylic acids is 1. The van der Waals surface area contributed by atoms with Gasteiger partial charge < -0.3 is 4.74 Å². The Morgan fingerprint density at radius 2 is 2.24 bits per heavy atom. The lowest BCUT2D eigenvalue weighted by Gasteiger charge is -2.03. The minimum absolute atomic E-state index is 0.148. The van der Waals surface area contributed by atoms with Crippen LogP contribution in [0, 0.1) is 13.8 Å². The Kier molecular flexibility index (Phi) is 4.71. The number of ether oxygens (including phenoxy) is 1. The number of aromatic nitrogens is 2. The number of aryl methyl sites for hydroxylation is 2. The van der Waals surface area contributed by atoms with Crippen LogP contribution in [0.1, 0.15) is 17.0 Å². The van der Waals surface area contributed by atoms with E-state index in [0.29, 0.717) is 0 Å². The average Bonchev–Trinajstić information content (AvgIpc) is 2.77. The van der Waals surface area contributed by atoms with Gasteiger partial charge in [-0.3, -0.25) is 9.48 Å². The molecule has 1 aromatic carbocycles. The highest BCUT2D eigenvalue weighted by molar-refractivity contribution is 5.82. The first-order valence-electron chi connectivity index (χ1n) is 6.55. The number of hydrogen-bond acceptors (Lipinski definition) is 4. The van der Waals surface area contributed by atoms with Crippen molar-refractivity contribution in [3.63, 3.8) is 0 Å². The Hall–Kier alpha value is -2.63. The molecule has 0 fully saturated rings. The molecule has 1 aromatic heterocycles. The van der Waals surface area contributed by atoms with Crippen LogP contribution in [-0.4, -0.2) is 29.0 Å². The zero-order valence-corrected chi connectivity index (χ0v) is 12.3. The molecule has 2 aromatic rings. The maximum atomic E-state index is 11.8. The molecule has 1 heterocycles. The minimum Gasteiger partial charge on any atom is -0.497 e. The summed E-state index contributed by atoms with van der Waals surface area (Å²) in [7, 11) is 1.60. The lowest BCUT2D eigenvalue weighted by atomic mass is 10.2. The van der Waals surface area contributed by atoms with Gasteiger partial charge in [0.2, 0.25) is 0 Å². The van der Waals surface area contributed by atoms with Crippen LogP contribution in [0.3, 0.4) is 0 Å². The van der Waals surface area contributed by atoms with E-state index in [0.717, 1.165) is 22.7 Å². The molecule has 0 unspecified atom stereocenters. The van der Waals surface area contributed by atoms with Crippen molar-refractivity contribution in [1.82, 2.24) is 15.2 Å². The molecule has 0 aliphatic carbocycles. The topological polar surface area (TPSA) is 68.5 Å². The van der Waals surface area contributed by atoms with Crippen molar-refractivity contribution >= 4 is 12.1 Å². The Labute approximate surface area is 123 Å². The van der Waals surface area contributed by atoms with Gasteiger partial charge in [0, 0.05) is 5.69 Å². The number of nitrogens with zero attached hydrogens (tertiary/aromatic N) is 3. The van der Waals surface area contributed by atoms with E-state index < -0.39 is 0 Å². The molecule has 0 saturated heterocycles. The first-order valence-corrected chi connectivity index (χ1v) is 6.55. The number of hydrazone groups is 1. The fraction of sp³-hybridized carbons (Fsp3) is 0.267. The van der Waals surface area contributed by atoms with E-state index in [-0.39, 0.29) is 12.5 Å². The van der Waals surface area contributed by atoms with Crippen LogP contribution in [0.15, 0.2) is 35.4 Å². The predicted octanol–water partition coefficient (Wildman–Crippen LogP) is 1.66. The molecule has 0 spiro atoms. The van der Waals surface area contributed by atoms with Gasteiger partial charge in [0.25, 0.3) is 5.91 Å². The van der Waals surface area contributed by atoms with Gasteiger partial charge in [-0.05, 0) is 37.6 Å². The van der Waals surface area contributed by atoms with E-state index in [9.17, 15) is 4.79 Å². The molecule has 6 nitrogen and oxygen atoms in total. The number of rotatable bonds is 5. The summed E-state index contributed by atoms with van der Waals surface area (Å²) >= 11 is 0. The van der Waals surface area contributed by atoms with Crippen molar-refractivity contribution in [2.24, 2.45) is 5.10 Å². The first-order chi connectivity index (χ1) is 10.1. The molecular weight excluding hydrogens is 268 g/mol. The molecule has 0 bridgehead atoms. The number of nitrogens with one attached hydrogen (secondary N) is 1. The summed E-state index contributed by atoms with van der Waals surface area (Å²) in [6.07, 6.45) is 1.57. The molecule has 2 rings (SSSR count). The summed E-state index contributed by atoms with van der Waals surface area (Å²) < 4.78 is 6.76. The van der Waals surface area contributed by atoms with Crippen LogP contribution in [0.5, 0.6) is 5.75 Å². The van der Waals surface area contributed by atoms with Crippen LogP contribution in [-0.2, 0) is 11.3 Å². The zero-order valence-electron chi connectivity index (χ0n) is 12.3. The summed E-state index contributed by atoms with van der Waals surface area (Å²) in [5, 5.41) is 8.15. The first kappa shape index (κ1) is 14.8. The van der Waals surface area contributed by atoms with E-state index in [4.69, 9.17) is 4.74 Å². The summed E-state index contributed by atoms with van der Waals surface area (Å²) in [5.41, 5.74) is 5.16. The number of benzene rings is 1. The van der Waals surface area contributed by atoms with Crippen molar-refractivity contribution < 1.29 is 9.53 Å². The Bertz CT molecular complexity index is 661. The molecule has 1 amide bonds. The quantitative estimate of drug-likeness (QED) is 0.671. The second kappa shape index (κ2) is 6.69. The maximum absolute atomic E-state index is 11.8. The fourth-order valence-electron chi connectivity index (χ4n) is 1.91. The van der Waals surface area contributed by atoms with Crippen LogP contribution in [0.25, 0.3) is 0 Å². The highest BCUT2D eigenvalue weighted by Crippen LogP contribution is 2.10. The highest BCUT2D eigenvalue weighted by atomic mass is 16.5. The Balaban J connectivity index is 1.91. The normalized spacial score (nSPS) is 10.8. The van der Waals surface area contributed by atoms with Crippen LogP contribution >= 0.6 is 0 Å². The summed E-state index contributed by atoms with van der Waals surface area (Å²) in [5.74, 6) is 0.522. The van der Waals surface area contributed by atoms with E-state index in [2.05, 4.69) is 15.6 Å². The van der Waals surface area contributed by atoms with Gasteiger partial charge in [-0.2, -0.15) is 10.2 Å². The van der Waals surface area contributed by atoms with Gasteiger partial charge in [0.1, 0.15) is 12.3 Å². The minimum atomic E-state index is -0.222. The van der Waals surface area contributed by atoms with Gasteiger partial charge in [0.15, 0.2) is 0 Å². The Morgan fingerprint density at radius 3 is 2.90 bits per heavy atom. The predicted molar refractivity (Wildman–Crippen MR) is 80.4 cm³/mol. The molecule has 1 N–H and O–H groups in total. The van der Waals surface area contributed by atoms with E-state index in [1.165, 1.54) is 0 Å². The molecule has 0 aliphatic heterocycles. The molecule has 21 heavy (non-hydrogen) atoms. The Morgan fingerprint density at radius 1 is 1.43 bits per heavy atom. The van der Waals surface area contributed by atoms with Crippen LogP contribution in [0.4, 0.5) is 0 Å². The van der Waals surface area contributed by atoms with Crippen molar-refractivity contribution in [2.75, 3.05) is 7.11 Å². The third kappa shape index (κ3) is 4.17. The summed E-state index contributed by atoms with van der Waals surface area (Å²) in [4.78, 5) is 11.8.